The lowest BCUT2D eigenvalue weighted by Crippen LogP contribution is -2.18. The minimum absolute atomic E-state index is 0.227. The Bertz CT molecular complexity index is 946. The van der Waals surface area contributed by atoms with Crippen molar-refractivity contribution in [3.8, 4) is 0 Å². The largest absolute Gasteiger partial charge is 0.272 e. The second-order valence-electron chi connectivity index (χ2n) is 5.73. The summed E-state index contributed by atoms with van der Waals surface area (Å²) in [6.45, 7) is 0. The van der Waals surface area contributed by atoms with Crippen molar-refractivity contribution < 1.29 is 4.79 Å². The van der Waals surface area contributed by atoms with E-state index in [2.05, 4.69) is 15.5 Å². The van der Waals surface area contributed by atoms with Crippen LogP contribution in [0.3, 0.4) is 0 Å². The molecule has 2 heterocycles. The zero-order valence-electron chi connectivity index (χ0n) is 12.7. The normalized spacial score (nSPS) is 14.4. The highest BCUT2D eigenvalue weighted by molar-refractivity contribution is 7.17. The van der Waals surface area contributed by atoms with Gasteiger partial charge >= 0.3 is 0 Å². The van der Waals surface area contributed by atoms with Crippen LogP contribution in [0.2, 0.25) is 4.34 Å². The van der Waals surface area contributed by atoms with E-state index in [1.54, 1.807) is 12.3 Å². The summed E-state index contributed by atoms with van der Waals surface area (Å²) < 4.78 is 0.692. The zero-order chi connectivity index (χ0) is 16.5. The molecule has 0 unspecified atom stereocenters. The van der Waals surface area contributed by atoms with Crippen LogP contribution in [0, 0.1) is 0 Å². The molecule has 1 fully saturated rings. The van der Waals surface area contributed by atoms with E-state index in [1.165, 1.54) is 11.3 Å². The van der Waals surface area contributed by atoms with Gasteiger partial charge in [-0.05, 0) is 37.1 Å². The Hall–Kier alpha value is -2.24. The van der Waals surface area contributed by atoms with Crippen molar-refractivity contribution in [1.29, 1.82) is 0 Å². The van der Waals surface area contributed by atoms with Crippen molar-refractivity contribution in [1.82, 2.24) is 10.4 Å². The molecule has 1 aliphatic carbocycles. The Morgan fingerprint density at radius 3 is 2.88 bits per heavy atom. The van der Waals surface area contributed by atoms with E-state index in [0.29, 0.717) is 15.8 Å². The van der Waals surface area contributed by atoms with Crippen molar-refractivity contribution in [2.45, 2.75) is 18.8 Å². The summed E-state index contributed by atoms with van der Waals surface area (Å²) >= 11 is 7.29. The highest BCUT2D eigenvalue weighted by atomic mass is 35.5. The SMILES string of the molecule is O=C(N/N=C\c1ccc(Cl)s1)c1cc(C2CC2)nc2ccccc12. The molecule has 4 rings (SSSR count). The lowest BCUT2D eigenvalue weighted by atomic mass is 10.1. The molecule has 1 aliphatic rings. The quantitative estimate of drug-likeness (QED) is 0.549. The molecule has 0 bridgehead atoms. The fraction of sp³-hybridized carbons (Fsp3) is 0.167. The first kappa shape index (κ1) is 15.3. The summed E-state index contributed by atoms with van der Waals surface area (Å²) in [6, 6.07) is 13.3. The number of pyridine rings is 1. The third kappa shape index (κ3) is 3.18. The predicted molar refractivity (Wildman–Crippen MR) is 98.1 cm³/mol. The first-order chi connectivity index (χ1) is 11.7. The van der Waals surface area contributed by atoms with Crippen LogP contribution in [0.1, 0.15) is 39.7 Å². The Labute approximate surface area is 148 Å². The number of aromatic nitrogens is 1. The van der Waals surface area contributed by atoms with Crippen molar-refractivity contribution in [2.75, 3.05) is 0 Å². The van der Waals surface area contributed by atoms with E-state index in [0.717, 1.165) is 34.3 Å². The third-order valence-corrected chi connectivity index (χ3v) is 5.09. The number of nitrogens with zero attached hydrogens (tertiary/aromatic N) is 2. The molecule has 6 heteroatoms. The van der Waals surface area contributed by atoms with Crippen LogP contribution >= 0.6 is 22.9 Å². The summed E-state index contributed by atoms with van der Waals surface area (Å²) in [6.07, 6.45) is 3.88. The van der Waals surface area contributed by atoms with Crippen LogP contribution < -0.4 is 5.43 Å². The van der Waals surface area contributed by atoms with Gasteiger partial charge in [0, 0.05) is 21.9 Å². The zero-order valence-corrected chi connectivity index (χ0v) is 14.3. The molecule has 1 aromatic carbocycles. The van der Waals surface area contributed by atoms with Gasteiger partial charge in [0.25, 0.3) is 5.91 Å². The van der Waals surface area contributed by atoms with Crippen molar-refractivity contribution >= 4 is 46.0 Å². The molecule has 1 saturated carbocycles. The second-order valence-corrected chi connectivity index (χ2v) is 7.47. The van der Waals surface area contributed by atoms with Crippen LogP contribution in [-0.4, -0.2) is 17.1 Å². The standard InChI is InChI=1S/C18H14ClN3OS/c19-17-8-7-12(24-17)10-20-22-18(23)14-9-16(11-5-6-11)21-15-4-2-1-3-13(14)15/h1-4,7-11H,5-6H2,(H,22,23)/b20-10-. The molecule has 3 aromatic rings. The number of carbonyl (C=O) groups is 1. The van der Waals surface area contributed by atoms with Gasteiger partial charge in [-0.3, -0.25) is 9.78 Å². The van der Waals surface area contributed by atoms with Gasteiger partial charge in [0.15, 0.2) is 0 Å². The Balaban J connectivity index is 1.62. The highest BCUT2D eigenvalue weighted by Gasteiger charge is 2.26. The second kappa shape index (κ2) is 6.34. The van der Waals surface area contributed by atoms with Crippen molar-refractivity contribution in [2.24, 2.45) is 5.10 Å². The number of hydrogen-bond acceptors (Lipinski definition) is 4. The first-order valence-electron chi connectivity index (χ1n) is 7.69. The summed E-state index contributed by atoms with van der Waals surface area (Å²) in [5.41, 5.74) is 5.06. The minimum Gasteiger partial charge on any atom is -0.267 e. The van der Waals surface area contributed by atoms with Gasteiger partial charge in [0.1, 0.15) is 0 Å². The molecule has 24 heavy (non-hydrogen) atoms. The lowest BCUT2D eigenvalue weighted by molar-refractivity contribution is 0.0956. The maximum absolute atomic E-state index is 12.6. The number of hydrogen-bond donors (Lipinski definition) is 1. The minimum atomic E-state index is -0.227. The molecule has 1 N–H and O–H groups in total. The smallest absolute Gasteiger partial charge is 0.267 e. The summed E-state index contributed by atoms with van der Waals surface area (Å²) in [4.78, 5) is 18.1. The summed E-state index contributed by atoms with van der Waals surface area (Å²) in [5.74, 6) is 0.257. The lowest BCUT2D eigenvalue weighted by Gasteiger charge is -2.08. The number of rotatable bonds is 4. The van der Waals surface area contributed by atoms with E-state index in [-0.39, 0.29) is 5.91 Å². The number of thiophene rings is 1. The van der Waals surface area contributed by atoms with Crippen LogP contribution in [0.5, 0.6) is 0 Å². The number of amides is 1. The molecule has 0 saturated heterocycles. The van der Waals surface area contributed by atoms with Gasteiger partial charge in [-0.15, -0.1) is 11.3 Å². The molecule has 0 spiro atoms. The van der Waals surface area contributed by atoms with E-state index < -0.39 is 0 Å². The molecular weight excluding hydrogens is 342 g/mol. The van der Waals surface area contributed by atoms with Gasteiger partial charge in [-0.1, -0.05) is 29.8 Å². The van der Waals surface area contributed by atoms with Crippen LogP contribution in [0.15, 0.2) is 47.6 Å². The molecule has 2 aromatic heterocycles. The molecule has 0 atom stereocenters. The van der Waals surface area contributed by atoms with Gasteiger partial charge in [0.05, 0.1) is 21.6 Å². The maximum Gasteiger partial charge on any atom is 0.272 e. The Kier molecular flexibility index (Phi) is 4.04. The van der Waals surface area contributed by atoms with Crippen LogP contribution in [-0.2, 0) is 0 Å². The fourth-order valence-corrected chi connectivity index (χ4v) is 3.52. The first-order valence-corrected chi connectivity index (χ1v) is 8.88. The maximum atomic E-state index is 12.6. The average Bonchev–Trinajstić information content (AvgIpc) is 3.36. The van der Waals surface area contributed by atoms with E-state index >= 15 is 0 Å². The van der Waals surface area contributed by atoms with Gasteiger partial charge < -0.3 is 0 Å². The number of nitrogens with one attached hydrogen (secondary N) is 1. The third-order valence-electron chi connectivity index (χ3n) is 3.93. The molecule has 0 radical (unpaired) electrons. The van der Waals surface area contributed by atoms with Gasteiger partial charge in [-0.25, -0.2) is 5.43 Å². The predicted octanol–water partition coefficient (Wildman–Crippen LogP) is 4.59. The average molecular weight is 356 g/mol. The fourth-order valence-electron chi connectivity index (χ4n) is 2.58. The van der Waals surface area contributed by atoms with E-state index in [4.69, 9.17) is 11.6 Å². The van der Waals surface area contributed by atoms with Crippen molar-refractivity contribution in [3.05, 3.63) is 62.9 Å². The number of hydrazone groups is 1. The summed E-state index contributed by atoms with van der Waals surface area (Å²) in [7, 11) is 0. The molecule has 4 nitrogen and oxygen atoms in total. The van der Waals surface area contributed by atoms with Crippen molar-refractivity contribution in [3.63, 3.8) is 0 Å². The topological polar surface area (TPSA) is 54.4 Å². The van der Waals surface area contributed by atoms with E-state index in [9.17, 15) is 4.79 Å². The summed E-state index contributed by atoms with van der Waals surface area (Å²) in [5, 5.41) is 4.88. The number of fused-ring (bicyclic) bond motifs is 1. The van der Waals surface area contributed by atoms with Gasteiger partial charge in [-0.2, -0.15) is 5.10 Å². The number of para-hydroxylation sites is 1. The number of carbonyl (C=O) groups excluding carboxylic acids is 1. The number of halogens is 1. The van der Waals surface area contributed by atoms with Crippen LogP contribution in [0.4, 0.5) is 0 Å². The monoisotopic (exact) mass is 355 g/mol. The van der Waals surface area contributed by atoms with Gasteiger partial charge in [0.2, 0.25) is 0 Å². The Morgan fingerprint density at radius 1 is 1.29 bits per heavy atom. The van der Waals surface area contributed by atoms with E-state index in [1.807, 2.05) is 36.4 Å². The molecule has 120 valence electrons. The molecular formula is C18H14ClN3OS. The Morgan fingerprint density at radius 2 is 2.12 bits per heavy atom. The molecule has 0 aliphatic heterocycles. The molecule has 1 amide bonds. The highest BCUT2D eigenvalue weighted by Crippen LogP contribution is 2.40. The van der Waals surface area contributed by atoms with Crippen LogP contribution in [0.25, 0.3) is 10.9 Å². The number of benzene rings is 1.